The fourth-order valence-electron chi connectivity index (χ4n) is 8.61. The van der Waals surface area contributed by atoms with Gasteiger partial charge in [-0.25, -0.2) is 0 Å². The Hall–Kier alpha value is -0.590. The first-order valence-electron chi connectivity index (χ1n) is 12.9. The Balaban J connectivity index is 1.54. The summed E-state index contributed by atoms with van der Waals surface area (Å²) in [5.74, 6) is 5.33. The minimum atomic E-state index is 0.313. The van der Waals surface area contributed by atoms with Crippen LogP contribution >= 0.6 is 0 Å². The van der Waals surface area contributed by atoms with Crippen LogP contribution < -0.4 is 0 Å². The molecule has 0 spiro atoms. The van der Waals surface area contributed by atoms with Crippen molar-refractivity contribution in [2.24, 2.45) is 52.3 Å². The molecular formula is C28H46O. The molecule has 1 nitrogen and oxygen atoms in total. The Morgan fingerprint density at radius 2 is 1.76 bits per heavy atom. The zero-order valence-electron chi connectivity index (χ0n) is 20.1. The van der Waals surface area contributed by atoms with Crippen molar-refractivity contribution >= 4 is 5.78 Å². The molecule has 29 heavy (non-hydrogen) atoms. The van der Waals surface area contributed by atoms with Crippen molar-refractivity contribution < 1.29 is 4.79 Å². The zero-order valence-corrected chi connectivity index (χ0v) is 20.1. The van der Waals surface area contributed by atoms with Gasteiger partial charge in [0.2, 0.25) is 0 Å². The third kappa shape index (κ3) is 3.57. The van der Waals surface area contributed by atoms with Crippen LogP contribution in [0.15, 0.2) is 11.6 Å². The lowest BCUT2D eigenvalue weighted by atomic mass is 9.46. The Bertz CT molecular complexity index is 659. The molecule has 0 amide bonds. The van der Waals surface area contributed by atoms with Gasteiger partial charge >= 0.3 is 0 Å². The smallest absolute Gasteiger partial charge is 0.159 e. The van der Waals surface area contributed by atoms with Crippen LogP contribution in [0.5, 0.6) is 0 Å². The van der Waals surface area contributed by atoms with E-state index < -0.39 is 0 Å². The van der Waals surface area contributed by atoms with Crippen LogP contribution in [0.3, 0.4) is 0 Å². The molecule has 0 saturated heterocycles. The second-order valence-corrected chi connectivity index (χ2v) is 12.6. The summed E-state index contributed by atoms with van der Waals surface area (Å²) in [7, 11) is 0. The summed E-state index contributed by atoms with van der Waals surface area (Å²) < 4.78 is 0. The van der Waals surface area contributed by atoms with Gasteiger partial charge in [0.05, 0.1) is 0 Å². The van der Waals surface area contributed by atoms with Gasteiger partial charge in [0.1, 0.15) is 0 Å². The largest absolute Gasteiger partial charge is 0.295 e. The Labute approximate surface area is 180 Å². The highest BCUT2D eigenvalue weighted by molar-refractivity contribution is 5.94. The maximum absolute atomic E-state index is 13.5. The second kappa shape index (κ2) is 7.83. The number of hydrogen-bond donors (Lipinski definition) is 0. The van der Waals surface area contributed by atoms with Crippen LogP contribution in [0.25, 0.3) is 0 Å². The van der Waals surface area contributed by atoms with Crippen LogP contribution in [0.4, 0.5) is 0 Å². The van der Waals surface area contributed by atoms with Crippen LogP contribution in [0.2, 0.25) is 0 Å². The highest BCUT2D eigenvalue weighted by atomic mass is 16.1. The summed E-state index contributed by atoms with van der Waals surface area (Å²) in [6.45, 7) is 14.7. The molecule has 0 N–H and O–H groups in total. The summed E-state index contributed by atoms with van der Waals surface area (Å²) in [6, 6.07) is 0. The molecule has 0 aliphatic heterocycles. The van der Waals surface area contributed by atoms with Crippen LogP contribution in [-0.2, 0) is 4.79 Å². The summed E-state index contributed by atoms with van der Waals surface area (Å²) in [5, 5.41) is 0. The van der Waals surface area contributed by atoms with E-state index in [0.717, 1.165) is 23.7 Å². The number of fused-ring (bicyclic) bond motifs is 5. The van der Waals surface area contributed by atoms with Crippen molar-refractivity contribution in [1.29, 1.82) is 0 Å². The second-order valence-electron chi connectivity index (χ2n) is 12.6. The van der Waals surface area contributed by atoms with Crippen LogP contribution in [0.1, 0.15) is 106 Å². The molecule has 0 radical (unpaired) electrons. The van der Waals surface area contributed by atoms with Crippen molar-refractivity contribution in [3.63, 3.8) is 0 Å². The number of carbonyl (C=O) groups is 1. The predicted octanol–water partition coefficient (Wildman–Crippen LogP) is 7.84. The van der Waals surface area contributed by atoms with E-state index in [1.54, 1.807) is 0 Å². The molecule has 3 unspecified atom stereocenters. The molecule has 1 heteroatoms. The number of carbonyl (C=O) groups excluding carboxylic acids is 1. The Morgan fingerprint density at radius 1 is 1.00 bits per heavy atom. The summed E-state index contributed by atoms with van der Waals surface area (Å²) in [6.07, 6.45) is 15.4. The number of ketones is 1. The van der Waals surface area contributed by atoms with Gasteiger partial charge < -0.3 is 0 Å². The van der Waals surface area contributed by atoms with E-state index in [2.05, 4.69) is 47.6 Å². The first-order valence-corrected chi connectivity index (χ1v) is 12.9. The lowest BCUT2D eigenvalue weighted by Gasteiger charge is -2.57. The van der Waals surface area contributed by atoms with Gasteiger partial charge in [-0.05, 0) is 97.4 Å². The lowest BCUT2D eigenvalue weighted by molar-refractivity contribution is -0.134. The van der Waals surface area contributed by atoms with E-state index in [9.17, 15) is 4.79 Å². The first-order chi connectivity index (χ1) is 13.7. The lowest BCUT2D eigenvalue weighted by Crippen LogP contribution is -2.53. The van der Waals surface area contributed by atoms with E-state index in [1.807, 2.05) is 0 Å². The molecule has 8 atom stereocenters. The van der Waals surface area contributed by atoms with Crippen molar-refractivity contribution in [3.8, 4) is 0 Å². The van der Waals surface area contributed by atoms with Crippen molar-refractivity contribution in [2.45, 2.75) is 106 Å². The normalized spacial score (nSPS) is 45.4. The Kier molecular flexibility index (Phi) is 5.84. The van der Waals surface area contributed by atoms with Gasteiger partial charge in [0.15, 0.2) is 5.78 Å². The Morgan fingerprint density at radius 3 is 2.48 bits per heavy atom. The molecule has 4 aliphatic rings. The standard InChI is InChI=1S/C28H46O/c1-18(2)8-7-9-20(4)22-10-11-23-26-24(13-15-28(22,23)6)27(5)14-12-19(3)16-21(27)17-25(26)29/h17-20,22-24,26H,7-16H2,1-6H3/t19-,20+,22+,23?,24?,26?,27-,28+/m0/s1. The van der Waals surface area contributed by atoms with E-state index in [4.69, 9.17) is 0 Å². The van der Waals surface area contributed by atoms with Crippen molar-refractivity contribution in [3.05, 3.63) is 11.6 Å². The maximum atomic E-state index is 13.5. The molecule has 4 rings (SSSR count). The van der Waals surface area contributed by atoms with Gasteiger partial charge in [-0.3, -0.25) is 4.79 Å². The summed E-state index contributed by atoms with van der Waals surface area (Å²) in [5.41, 5.74) is 2.23. The molecule has 3 saturated carbocycles. The quantitative estimate of drug-likeness (QED) is 0.461. The fourth-order valence-corrected chi connectivity index (χ4v) is 8.61. The van der Waals surface area contributed by atoms with Gasteiger partial charge in [-0.2, -0.15) is 0 Å². The number of hydrogen-bond acceptors (Lipinski definition) is 1. The van der Waals surface area contributed by atoms with E-state index in [0.29, 0.717) is 34.4 Å². The molecule has 0 bridgehead atoms. The van der Waals surface area contributed by atoms with Gasteiger partial charge in [-0.15, -0.1) is 0 Å². The minimum absolute atomic E-state index is 0.313. The third-order valence-corrected chi connectivity index (χ3v) is 10.4. The van der Waals surface area contributed by atoms with Crippen LogP contribution in [-0.4, -0.2) is 5.78 Å². The predicted molar refractivity (Wildman–Crippen MR) is 123 cm³/mol. The maximum Gasteiger partial charge on any atom is 0.159 e. The fraction of sp³-hybridized carbons (Fsp3) is 0.893. The average molecular weight is 399 g/mol. The van der Waals surface area contributed by atoms with Crippen molar-refractivity contribution in [2.75, 3.05) is 0 Å². The molecule has 3 fully saturated rings. The molecular weight excluding hydrogens is 352 g/mol. The van der Waals surface area contributed by atoms with E-state index in [-0.39, 0.29) is 0 Å². The number of rotatable bonds is 5. The summed E-state index contributed by atoms with van der Waals surface area (Å²) in [4.78, 5) is 13.5. The highest BCUT2D eigenvalue weighted by Crippen LogP contribution is 2.66. The molecule has 0 heterocycles. The van der Waals surface area contributed by atoms with Crippen molar-refractivity contribution in [1.82, 2.24) is 0 Å². The van der Waals surface area contributed by atoms with E-state index in [1.165, 1.54) is 69.8 Å². The monoisotopic (exact) mass is 398 g/mol. The van der Waals surface area contributed by atoms with Crippen LogP contribution in [0, 0.1) is 52.3 Å². The zero-order chi connectivity index (χ0) is 21.0. The van der Waals surface area contributed by atoms with E-state index >= 15 is 0 Å². The molecule has 164 valence electrons. The van der Waals surface area contributed by atoms with Gasteiger partial charge in [-0.1, -0.05) is 66.4 Å². The van der Waals surface area contributed by atoms with Gasteiger partial charge in [0, 0.05) is 5.92 Å². The SMILES string of the molecule is CC(C)CCC[C@@H](C)[C@H]1CCC2C3C(=O)C=C4C[C@@H](C)CC[C@]4(C)C3CC[C@@]21C. The average Bonchev–Trinajstić information content (AvgIpc) is 3.00. The minimum Gasteiger partial charge on any atom is -0.295 e. The highest BCUT2D eigenvalue weighted by Gasteiger charge is 2.61. The third-order valence-electron chi connectivity index (χ3n) is 10.4. The summed E-state index contributed by atoms with van der Waals surface area (Å²) >= 11 is 0. The molecule has 0 aromatic heterocycles. The molecule has 0 aromatic carbocycles. The molecule has 0 aromatic rings. The number of allylic oxidation sites excluding steroid dienone is 2. The van der Waals surface area contributed by atoms with Gasteiger partial charge in [0.25, 0.3) is 0 Å². The molecule has 4 aliphatic carbocycles. The first kappa shape index (κ1) is 21.6. The topological polar surface area (TPSA) is 17.1 Å².